The molecule has 4 nitrogen and oxygen atoms in total. The second-order valence-electron chi connectivity index (χ2n) is 4.52. The van der Waals surface area contributed by atoms with Crippen LogP contribution in [-0.2, 0) is 0 Å². The molecule has 0 heterocycles. The molecule has 0 unspecified atom stereocenters. The second kappa shape index (κ2) is 6.12. The molecule has 2 aromatic rings. The van der Waals surface area contributed by atoms with Crippen molar-refractivity contribution in [3.05, 3.63) is 65.2 Å². The summed E-state index contributed by atoms with van der Waals surface area (Å²) in [5.41, 5.74) is 8.17. The molecule has 0 saturated carbocycles. The highest BCUT2D eigenvalue weighted by molar-refractivity contribution is 6.04. The first kappa shape index (κ1) is 14.0. The number of nitrogens with one attached hydrogen (secondary N) is 1. The van der Waals surface area contributed by atoms with E-state index in [1.165, 1.54) is 0 Å². The molecule has 2 aromatic carbocycles. The molecule has 4 heteroatoms. The summed E-state index contributed by atoms with van der Waals surface area (Å²) in [5, 5.41) is 2.78. The molecule has 0 atom stereocenters. The van der Waals surface area contributed by atoms with Gasteiger partial charge in [0.05, 0.1) is 6.54 Å². The normalized spacial score (nSPS) is 10.1. The van der Waals surface area contributed by atoms with Crippen LogP contribution in [0, 0.1) is 6.92 Å². The Morgan fingerprint density at radius 3 is 2.05 bits per heavy atom. The first-order chi connectivity index (χ1) is 9.60. The van der Waals surface area contributed by atoms with Crippen LogP contribution < -0.4 is 11.1 Å². The molecule has 20 heavy (non-hydrogen) atoms. The molecule has 1 amide bonds. The van der Waals surface area contributed by atoms with Crippen LogP contribution in [0.25, 0.3) is 0 Å². The quantitative estimate of drug-likeness (QED) is 0.836. The van der Waals surface area contributed by atoms with Crippen LogP contribution in [0.1, 0.15) is 26.3 Å². The summed E-state index contributed by atoms with van der Waals surface area (Å²) in [6, 6.07) is 14.0. The van der Waals surface area contributed by atoms with Crippen molar-refractivity contribution in [3.8, 4) is 0 Å². The Morgan fingerprint density at radius 2 is 1.50 bits per heavy atom. The Hall–Kier alpha value is -2.46. The number of carbonyl (C=O) groups excluding carboxylic acids is 2. The standard InChI is InChI=1S/C16H16N2O2/c1-11-2-4-13(5-3-11)16(20)18-14-8-6-12(7-9-14)15(19)10-17/h2-9H,10,17H2,1H3,(H,18,20). The molecule has 0 aliphatic heterocycles. The van der Waals surface area contributed by atoms with Gasteiger partial charge in [-0.3, -0.25) is 9.59 Å². The van der Waals surface area contributed by atoms with Crippen molar-refractivity contribution in [3.63, 3.8) is 0 Å². The van der Waals surface area contributed by atoms with Gasteiger partial charge in [-0.1, -0.05) is 17.7 Å². The molecule has 0 aliphatic rings. The van der Waals surface area contributed by atoms with Gasteiger partial charge < -0.3 is 11.1 Å². The van der Waals surface area contributed by atoms with E-state index in [9.17, 15) is 9.59 Å². The van der Waals surface area contributed by atoms with E-state index in [0.717, 1.165) is 5.56 Å². The number of Topliss-reactive ketones (excluding diaryl/α,β-unsaturated/α-hetero) is 1. The van der Waals surface area contributed by atoms with E-state index in [0.29, 0.717) is 16.8 Å². The van der Waals surface area contributed by atoms with Crippen LogP contribution in [-0.4, -0.2) is 18.2 Å². The van der Waals surface area contributed by atoms with Gasteiger partial charge in [0.15, 0.2) is 5.78 Å². The zero-order valence-electron chi connectivity index (χ0n) is 11.2. The van der Waals surface area contributed by atoms with Crippen molar-refractivity contribution in [1.82, 2.24) is 0 Å². The molecule has 3 N–H and O–H groups in total. The number of hydrogen-bond donors (Lipinski definition) is 2. The van der Waals surface area contributed by atoms with Crippen molar-refractivity contribution >= 4 is 17.4 Å². The molecule has 0 aromatic heterocycles. The van der Waals surface area contributed by atoms with Gasteiger partial charge in [-0.15, -0.1) is 0 Å². The van der Waals surface area contributed by atoms with E-state index in [-0.39, 0.29) is 18.2 Å². The van der Waals surface area contributed by atoms with E-state index in [4.69, 9.17) is 5.73 Å². The maximum atomic E-state index is 12.0. The smallest absolute Gasteiger partial charge is 0.255 e. The van der Waals surface area contributed by atoms with Crippen LogP contribution >= 0.6 is 0 Å². The summed E-state index contributed by atoms with van der Waals surface area (Å²) in [6.45, 7) is 1.95. The van der Waals surface area contributed by atoms with Gasteiger partial charge in [-0.25, -0.2) is 0 Å². The first-order valence-corrected chi connectivity index (χ1v) is 6.31. The lowest BCUT2D eigenvalue weighted by atomic mass is 10.1. The number of anilines is 1. The summed E-state index contributed by atoms with van der Waals surface area (Å²) in [4.78, 5) is 23.4. The minimum Gasteiger partial charge on any atom is -0.324 e. The van der Waals surface area contributed by atoms with Gasteiger partial charge in [0.2, 0.25) is 0 Å². The molecular weight excluding hydrogens is 252 g/mol. The Balaban J connectivity index is 2.08. The van der Waals surface area contributed by atoms with Crippen molar-refractivity contribution in [2.45, 2.75) is 6.92 Å². The highest BCUT2D eigenvalue weighted by Gasteiger charge is 2.07. The topological polar surface area (TPSA) is 72.2 Å². The van der Waals surface area contributed by atoms with Gasteiger partial charge in [0, 0.05) is 16.8 Å². The van der Waals surface area contributed by atoms with Crippen LogP contribution in [0.15, 0.2) is 48.5 Å². The monoisotopic (exact) mass is 268 g/mol. The predicted octanol–water partition coefficient (Wildman–Crippen LogP) is 2.39. The summed E-state index contributed by atoms with van der Waals surface area (Å²) in [7, 11) is 0. The van der Waals surface area contributed by atoms with Gasteiger partial charge >= 0.3 is 0 Å². The Bertz CT molecular complexity index is 616. The fourth-order valence-electron chi connectivity index (χ4n) is 1.77. The number of benzene rings is 2. The van der Waals surface area contributed by atoms with Crippen LogP contribution in [0.2, 0.25) is 0 Å². The van der Waals surface area contributed by atoms with Gasteiger partial charge in [0.25, 0.3) is 5.91 Å². The lowest BCUT2D eigenvalue weighted by Gasteiger charge is -2.06. The largest absolute Gasteiger partial charge is 0.324 e. The maximum Gasteiger partial charge on any atom is 0.255 e. The number of carbonyl (C=O) groups is 2. The summed E-state index contributed by atoms with van der Waals surface area (Å²) in [5.74, 6) is -0.302. The van der Waals surface area contributed by atoms with E-state index >= 15 is 0 Å². The fraction of sp³-hybridized carbons (Fsp3) is 0.125. The summed E-state index contributed by atoms with van der Waals surface area (Å²) >= 11 is 0. The highest BCUT2D eigenvalue weighted by Crippen LogP contribution is 2.12. The van der Waals surface area contributed by atoms with E-state index in [2.05, 4.69) is 5.32 Å². The number of hydrogen-bond acceptors (Lipinski definition) is 3. The summed E-state index contributed by atoms with van der Waals surface area (Å²) < 4.78 is 0. The number of amides is 1. The molecule has 0 fully saturated rings. The third-order valence-corrected chi connectivity index (χ3v) is 2.96. The lowest BCUT2D eigenvalue weighted by molar-refractivity contribution is 0.0999. The lowest BCUT2D eigenvalue weighted by Crippen LogP contribution is -2.14. The number of nitrogens with two attached hydrogens (primary N) is 1. The average molecular weight is 268 g/mol. The number of rotatable bonds is 4. The molecule has 0 bridgehead atoms. The van der Waals surface area contributed by atoms with Gasteiger partial charge in [-0.05, 0) is 43.3 Å². The van der Waals surface area contributed by atoms with Crippen molar-refractivity contribution < 1.29 is 9.59 Å². The molecule has 2 rings (SSSR count). The van der Waals surface area contributed by atoms with Crippen molar-refractivity contribution in [2.24, 2.45) is 5.73 Å². The minimum absolute atomic E-state index is 0.0188. The van der Waals surface area contributed by atoms with Gasteiger partial charge in [0.1, 0.15) is 0 Å². The van der Waals surface area contributed by atoms with Crippen LogP contribution in [0.4, 0.5) is 5.69 Å². The maximum absolute atomic E-state index is 12.0. The predicted molar refractivity (Wildman–Crippen MR) is 79.0 cm³/mol. The van der Waals surface area contributed by atoms with E-state index < -0.39 is 0 Å². The fourth-order valence-corrected chi connectivity index (χ4v) is 1.77. The third kappa shape index (κ3) is 3.30. The van der Waals surface area contributed by atoms with Crippen LogP contribution in [0.5, 0.6) is 0 Å². The molecule has 0 spiro atoms. The van der Waals surface area contributed by atoms with E-state index in [1.807, 2.05) is 19.1 Å². The molecule has 0 aliphatic carbocycles. The van der Waals surface area contributed by atoms with Gasteiger partial charge in [-0.2, -0.15) is 0 Å². The Morgan fingerprint density at radius 1 is 0.950 bits per heavy atom. The van der Waals surface area contributed by atoms with Crippen LogP contribution in [0.3, 0.4) is 0 Å². The van der Waals surface area contributed by atoms with E-state index in [1.54, 1.807) is 36.4 Å². The minimum atomic E-state index is -0.178. The first-order valence-electron chi connectivity index (χ1n) is 6.31. The highest BCUT2D eigenvalue weighted by atomic mass is 16.1. The number of aryl methyl sites for hydroxylation is 1. The summed E-state index contributed by atoms with van der Waals surface area (Å²) in [6.07, 6.45) is 0. The molecule has 102 valence electrons. The SMILES string of the molecule is Cc1ccc(C(=O)Nc2ccc(C(=O)CN)cc2)cc1. The zero-order valence-corrected chi connectivity index (χ0v) is 11.2. The average Bonchev–Trinajstić information content (AvgIpc) is 2.48. The Kier molecular flexibility index (Phi) is 4.27. The molecule has 0 radical (unpaired) electrons. The Labute approximate surface area is 117 Å². The number of ketones is 1. The second-order valence-corrected chi connectivity index (χ2v) is 4.52. The third-order valence-electron chi connectivity index (χ3n) is 2.96. The van der Waals surface area contributed by atoms with Crippen molar-refractivity contribution in [1.29, 1.82) is 0 Å². The molecule has 0 saturated heterocycles. The zero-order chi connectivity index (χ0) is 14.5. The molecular formula is C16H16N2O2. The van der Waals surface area contributed by atoms with Crippen molar-refractivity contribution in [2.75, 3.05) is 11.9 Å².